The number of alkyl halides is 3. The van der Waals surface area contributed by atoms with E-state index in [-0.39, 0.29) is 11.1 Å². The molecule has 1 aliphatic rings. The van der Waals surface area contributed by atoms with Crippen molar-refractivity contribution in [2.75, 3.05) is 18.4 Å². The predicted octanol–water partition coefficient (Wildman–Crippen LogP) is 3.78. The van der Waals surface area contributed by atoms with Crippen molar-refractivity contribution in [3.63, 3.8) is 0 Å². The molecule has 1 fully saturated rings. The molecule has 20 heavy (non-hydrogen) atoms. The van der Waals surface area contributed by atoms with Crippen molar-refractivity contribution < 1.29 is 17.6 Å². The van der Waals surface area contributed by atoms with Gasteiger partial charge in [0.05, 0.1) is 11.3 Å². The third kappa shape index (κ3) is 3.23. The summed E-state index contributed by atoms with van der Waals surface area (Å²) < 4.78 is 51.0. The molecule has 0 spiro atoms. The van der Waals surface area contributed by atoms with Crippen molar-refractivity contribution in [2.24, 2.45) is 11.1 Å². The standard InChI is InChI=1S/C14H18F4N2/c15-11-7-10(14(16,17)18)3-4-12(11)20-9-13(8-19)5-1-2-6-13/h3-4,7,20H,1-2,5-6,8-9,19H2. The van der Waals surface area contributed by atoms with Crippen LogP contribution in [0.4, 0.5) is 23.2 Å². The van der Waals surface area contributed by atoms with Crippen molar-refractivity contribution in [1.29, 1.82) is 0 Å². The number of halogens is 4. The number of rotatable bonds is 4. The van der Waals surface area contributed by atoms with E-state index >= 15 is 0 Å². The Kier molecular flexibility index (Phi) is 4.22. The van der Waals surface area contributed by atoms with Gasteiger partial charge in [0.15, 0.2) is 0 Å². The average molecular weight is 290 g/mol. The summed E-state index contributed by atoms with van der Waals surface area (Å²) in [6.45, 7) is 0.994. The molecule has 112 valence electrons. The van der Waals surface area contributed by atoms with Crippen LogP contribution in [0.3, 0.4) is 0 Å². The van der Waals surface area contributed by atoms with Gasteiger partial charge in [0.1, 0.15) is 5.82 Å². The summed E-state index contributed by atoms with van der Waals surface area (Å²) in [6, 6.07) is 2.54. The molecule has 1 aromatic carbocycles. The van der Waals surface area contributed by atoms with Gasteiger partial charge in [0.25, 0.3) is 0 Å². The Morgan fingerprint density at radius 1 is 1.20 bits per heavy atom. The van der Waals surface area contributed by atoms with E-state index in [9.17, 15) is 17.6 Å². The fourth-order valence-corrected chi connectivity index (χ4v) is 2.70. The first-order chi connectivity index (χ1) is 9.36. The number of hydrogen-bond acceptors (Lipinski definition) is 2. The Hall–Kier alpha value is -1.30. The molecular weight excluding hydrogens is 272 g/mol. The Bertz CT molecular complexity index is 465. The van der Waals surface area contributed by atoms with Gasteiger partial charge in [-0.25, -0.2) is 4.39 Å². The first-order valence-electron chi connectivity index (χ1n) is 6.67. The Balaban J connectivity index is 2.07. The number of anilines is 1. The molecular formula is C14H18F4N2. The molecule has 0 aliphatic heterocycles. The maximum absolute atomic E-state index is 13.7. The molecule has 0 aromatic heterocycles. The number of hydrogen-bond donors (Lipinski definition) is 2. The van der Waals surface area contributed by atoms with Crippen LogP contribution in [0.25, 0.3) is 0 Å². The van der Waals surface area contributed by atoms with Gasteiger partial charge in [-0.05, 0) is 43.0 Å². The van der Waals surface area contributed by atoms with E-state index in [1.54, 1.807) is 0 Å². The quantitative estimate of drug-likeness (QED) is 0.828. The van der Waals surface area contributed by atoms with Crippen LogP contribution >= 0.6 is 0 Å². The number of benzene rings is 1. The van der Waals surface area contributed by atoms with Crippen LogP contribution in [0.2, 0.25) is 0 Å². The van der Waals surface area contributed by atoms with E-state index in [0.717, 1.165) is 37.8 Å². The monoisotopic (exact) mass is 290 g/mol. The summed E-state index contributed by atoms with van der Waals surface area (Å²) in [4.78, 5) is 0. The molecule has 1 saturated carbocycles. The minimum atomic E-state index is -4.52. The molecule has 0 amide bonds. The highest BCUT2D eigenvalue weighted by Crippen LogP contribution is 2.37. The molecule has 6 heteroatoms. The van der Waals surface area contributed by atoms with E-state index in [1.807, 2.05) is 0 Å². The van der Waals surface area contributed by atoms with Crippen molar-refractivity contribution in [3.8, 4) is 0 Å². The Morgan fingerprint density at radius 3 is 2.35 bits per heavy atom. The second kappa shape index (κ2) is 5.60. The highest BCUT2D eigenvalue weighted by atomic mass is 19.4. The van der Waals surface area contributed by atoms with E-state index < -0.39 is 17.6 Å². The molecule has 2 rings (SSSR count). The lowest BCUT2D eigenvalue weighted by molar-refractivity contribution is -0.137. The molecule has 0 unspecified atom stereocenters. The zero-order chi connectivity index (χ0) is 14.8. The molecule has 1 aromatic rings. The van der Waals surface area contributed by atoms with Crippen LogP contribution < -0.4 is 11.1 Å². The van der Waals surface area contributed by atoms with Gasteiger partial charge in [-0.2, -0.15) is 13.2 Å². The highest BCUT2D eigenvalue weighted by molar-refractivity contribution is 5.47. The zero-order valence-corrected chi connectivity index (χ0v) is 11.1. The van der Waals surface area contributed by atoms with Gasteiger partial charge in [0.2, 0.25) is 0 Å². The number of nitrogens with one attached hydrogen (secondary N) is 1. The van der Waals surface area contributed by atoms with Crippen molar-refractivity contribution >= 4 is 5.69 Å². The van der Waals surface area contributed by atoms with E-state index in [0.29, 0.717) is 19.2 Å². The van der Waals surface area contributed by atoms with Crippen LogP contribution in [0.1, 0.15) is 31.2 Å². The lowest BCUT2D eigenvalue weighted by Crippen LogP contribution is -2.34. The topological polar surface area (TPSA) is 38.0 Å². The van der Waals surface area contributed by atoms with Crippen LogP contribution in [-0.2, 0) is 6.18 Å². The first kappa shape index (κ1) is 15.1. The summed E-state index contributed by atoms with van der Waals surface area (Å²) in [5.41, 5.74) is 4.83. The molecule has 0 radical (unpaired) electrons. The van der Waals surface area contributed by atoms with Gasteiger partial charge >= 0.3 is 6.18 Å². The van der Waals surface area contributed by atoms with Crippen molar-refractivity contribution in [1.82, 2.24) is 0 Å². The third-order valence-corrected chi connectivity index (χ3v) is 4.05. The summed E-state index contributed by atoms with van der Waals surface area (Å²) in [6.07, 6.45) is -0.399. The number of nitrogens with two attached hydrogens (primary N) is 1. The molecule has 2 nitrogen and oxygen atoms in total. The lowest BCUT2D eigenvalue weighted by Gasteiger charge is -2.28. The zero-order valence-electron chi connectivity index (χ0n) is 11.1. The lowest BCUT2D eigenvalue weighted by atomic mass is 9.86. The van der Waals surface area contributed by atoms with Crippen LogP contribution in [0.5, 0.6) is 0 Å². The summed E-state index contributed by atoms with van der Waals surface area (Å²) in [5.74, 6) is -0.884. The average Bonchev–Trinajstić information content (AvgIpc) is 2.85. The molecule has 1 aliphatic carbocycles. The van der Waals surface area contributed by atoms with Gasteiger partial charge in [-0.3, -0.25) is 0 Å². The Morgan fingerprint density at radius 2 is 1.85 bits per heavy atom. The molecule has 3 N–H and O–H groups in total. The van der Waals surface area contributed by atoms with E-state index in [4.69, 9.17) is 5.73 Å². The summed E-state index contributed by atoms with van der Waals surface area (Å²) >= 11 is 0. The predicted molar refractivity (Wildman–Crippen MR) is 69.8 cm³/mol. The van der Waals surface area contributed by atoms with Gasteiger partial charge < -0.3 is 11.1 Å². The fraction of sp³-hybridized carbons (Fsp3) is 0.571. The van der Waals surface area contributed by atoms with Gasteiger partial charge in [-0.15, -0.1) is 0 Å². The van der Waals surface area contributed by atoms with Crippen LogP contribution in [0, 0.1) is 11.2 Å². The third-order valence-electron chi connectivity index (χ3n) is 4.05. The van der Waals surface area contributed by atoms with Crippen molar-refractivity contribution in [3.05, 3.63) is 29.6 Å². The molecule has 0 atom stereocenters. The van der Waals surface area contributed by atoms with E-state index in [2.05, 4.69) is 5.32 Å². The minimum absolute atomic E-state index is 0.0604. The summed E-state index contributed by atoms with van der Waals surface area (Å²) in [7, 11) is 0. The van der Waals surface area contributed by atoms with Crippen LogP contribution in [0.15, 0.2) is 18.2 Å². The maximum Gasteiger partial charge on any atom is 0.416 e. The maximum atomic E-state index is 13.7. The summed E-state index contributed by atoms with van der Waals surface area (Å²) in [5, 5.41) is 2.90. The second-order valence-electron chi connectivity index (χ2n) is 5.46. The molecule has 0 saturated heterocycles. The smallest absolute Gasteiger partial charge is 0.382 e. The van der Waals surface area contributed by atoms with Gasteiger partial charge in [-0.1, -0.05) is 12.8 Å². The second-order valence-corrected chi connectivity index (χ2v) is 5.46. The first-order valence-corrected chi connectivity index (χ1v) is 6.67. The Labute approximate surface area is 115 Å². The molecule has 0 heterocycles. The van der Waals surface area contributed by atoms with E-state index in [1.165, 1.54) is 0 Å². The minimum Gasteiger partial charge on any atom is -0.382 e. The molecule has 0 bridgehead atoms. The van der Waals surface area contributed by atoms with Gasteiger partial charge in [0, 0.05) is 6.54 Å². The largest absolute Gasteiger partial charge is 0.416 e. The van der Waals surface area contributed by atoms with Crippen molar-refractivity contribution in [2.45, 2.75) is 31.9 Å². The highest BCUT2D eigenvalue weighted by Gasteiger charge is 2.33. The fourth-order valence-electron chi connectivity index (χ4n) is 2.70. The van der Waals surface area contributed by atoms with Crippen LogP contribution in [-0.4, -0.2) is 13.1 Å². The normalized spacial score (nSPS) is 18.2. The SMILES string of the molecule is NCC1(CNc2ccc(C(F)(F)F)cc2F)CCCC1.